The molecule has 0 spiro atoms. The van der Waals surface area contributed by atoms with E-state index in [1.54, 1.807) is 37.0 Å². The summed E-state index contributed by atoms with van der Waals surface area (Å²) in [5, 5.41) is 0.557. The largest absolute Gasteiger partial charge is 0.493 e. The highest BCUT2D eigenvalue weighted by molar-refractivity contribution is 5.86. The van der Waals surface area contributed by atoms with Gasteiger partial charge in [0.05, 0.1) is 25.1 Å². The molecule has 132 valence electrons. The fourth-order valence-electron chi connectivity index (χ4n) is 3.32. The lowest BCUT2D eigenvalue weighted by atomic mass is 10.1. The number of methoxy groups -OCH3 is 2. The molecule has 0 saturated heterocycles. The molecule has 2 N–H and O–H groups in total. The van der Waals surface area contributed by atoms with Crippen molar-refractivity contribution in [2.45, 2.75) is 13.0 Å². The van der Waals surface area contributed by atoms with Gasteiger partial charge in [-0.15, -0.1) is 0 Å². The first-order valence-electron chi connectivity index (χ1n) is 8.34. The van der Waals surface area contributed by atoms with Crippen LogP contribution < -0.4 is 20.8 Å². The van der Waals surface area contributed by atoms with Gasteiger partial charge in [0.1, 0.15) is 5.82 Å². The smallest absolute Gasteiger partial charge is 0.261 e. The Morgan fingerprint density at radius 3 is 2.69 bits per heavy atom. The molecule has 0 bridgehead atoms. The van der Waals surface area contributed by atoms with Crippen LogP contribution in [0.4, 0.5) is 5.69 Å². The Balaban J connectivity index is 1.83. The van der Waals surface area contributed by atoms with Gasteiger partial charge in [-0.1, -0.05) is 6.07 Å². The van der Waals surface area contributed by atoms with Gasteiger partial charge >= 0.3 is 0 Å². The van der Waals surface area contributed by atoms with Gasteiger partial charge in [0.15, 0.2) is 11.5 Å². The van der Waals surface area contributed by atoms with Crippen LogP contribution in [0.2, 0.25) is 0 Å². The summed E-state index contributed by atoms with van der Waals surface area (Å²) in [6.45, 7) is 0.616. The number of fused-ring (bicyclic) bond motifs is 2. The third-order valence-corrected chi connectivity index (χ3v) is 4.62. The molecule has 3 aromatic rings. The van der Waals surface area contributed by atoms with Crippen LogP contribution in [0.5, 0.6) is 11.5 Å². The zero-order chi connectivity index (χ0) is 18.3. The van der Waals surface area contributed by atoms with Crippen LogP contribution >= 0.6 is 0 Å². The number of aromatic nitrogens is 2. The number of nitrogen functional groups attached to an aromatic ring is 1. The maximum absolute atomic E-state index is 12.8. The van der Waals surface area contributed by atoms with Gasteiger partial charge in [0, 0.05) is 12.2 Å². The van der Waals surface area contributed by atoms with Crippen molar-refractivity contribution in [2.24, 2.45) is 0 Å². The maximum Gasteiger partial charge on any atom is 0.261 e. The highest BCUT2D eigenvalue weighted by Crippen LogP contribution is 2.32. The van der Waals surface area contributed by atoms with E-state index >= 15 is 0 Å². The molecule has 0 fully saturated rings. The quantitative estimate of drug-likeness (QED) is 0.736. The minimum Gasteiger partial charge on any atom is -0.493 e. The molecule has 26 heavy (non-hydrogen) atoms. The number of ether oxygens (including phenoxy) is 2. The molecule has 6 nitrogen and oxygen atoms in total. The van der Waals surface area contributed by atoms with Crippen LogP contribution in [0.3, 0.4) is 0 Å². The van der Waals surface area contributed by atoms with Gasteiger partial charge in [-0.05, 0) is 54.0 Å². The summed E-state index contributed by atoms with van der Waals surface area (Å²) in [6.07, 6.45) is 2.79. The SMILES string of the molecule is COc1ccc(C=C2CCn3c2nc2ccc(N)cc2c3=O)cc1OC. The number of rotatable bonds is 3. The molecular formula is C20H19N3O3. The second kappa shape index (κ2) is 6.22. The van der Waals surface area contributed by atoms with E-state index in [4.69, 9.17) is 20.2 Å². The number of anilines is 1. The van der Waals surface area contributed by atoms with Crippen molar-refractivity contribution in [1.29, 1.82) is 0 Å². The van der Waals surface area contributed by atoms with E-state index in [0.29, 0.717) is 40.5 Å². The number of hydrogen-bond donors (Lipinski definition) is 1. The van der Waals surface area contributed by atoms with Crippen LogP contribution in [-0.4, -0.2) is 23.8 Å². The number of nitrogens with zero attached hydrogens (tertiary/aromatic N) is 2. The zero-order valence-corrected chi connectivity index (χ0v) is 14.7. The molecule has 0 saturated carbocycles. The Kier molecular flexibility index (Phi) is 3.88. The summed E-state index contributed by atoms with van der Waals surface area (Å²) in [4.78, 5) is 17.5. The molecule has 0 atom stereocenters. The van der Waals surface area contributed by atoms with Gasteiger partial charge in [-0.3, -0.25) is 9.36 Å². The lowest BCUT2D eigenvalue weighted by Gasteiger charge is -2.09. The first-order chi connectivity index (χ1) is 12.6. The highest BCUT2D eigenvalue weighted by Gasteiger charge is 2.21. The Labute approximate surface area is 150 Å². The minimum absolute atomic E-state index is 0.0481. The van der Waals surface area contributed by atoms with Gasteiger partial charge in [0.2, 0.25) is 0 Å². The molecule has 1 aromatic heterocycles. The van der Waals surface area contributed by atoms with Crippen molar-refractivity contribution < 1.29 is 9.47 Å². The number of hydrogen-bond acceptors (Lipinski definition) is 5. The van der Waals surface area contributed by atoms with E-state index in [1.807, 2.05) is 24.3 Å². The Morgan fingerprint density at radius 2 is 1.92 bits per heavy atom. The monoisotopic (exact) mass is 349 g/mol. The maximum atomic E-state index is 12.8. The van der Waals surface area contributed by atoms with Crippen molar-refractivity contribution in [3.63, 3.8) is 0 Å². The van der Waals surface area contributed by atoms with E-state index in [0.717, 1.165) is 17.6 Å². The van der Waals surface area contributed by atoms with Crippen LogP contribution in [0, 0.1) is 0 Å². The van der Waals surface area contributed by atoms with Gasteiger partial charge < -0.3 is 15.2 Å². The van der Waals surface area contributed by atoms with Crippen LogP contribution in [0.25, 0.3) is 22.6 Å². The average Bonchev–Trinajstić information content (AvgIpc) is 3.05. The van der Waals surface area contributed by atoms with E-state index in [9.17, 15) is 4.79 Å². The molecule has 0 aliphatic carbocycles. The van der Waals surface area contributed by atoms with Crippen molar-refractivity contribution in [2.75, 3.05) is 20.0 Å². The third kappa shape index (κ3) is 2.60. The summed E-state index contributed by atoms with van der Waals surface area (Å²) in [5.74, 6) is 2.06. The number of nitrogens with two attached hydrogens (primary N) is 1. The Hall–Kier alpha value is -3.28. The second-order valence-corrected chi connectivity index (χ2v) is 6.20. The van der Waals surface area contributed by atoms with Crippen molar-refractivity contribution in [3.8, 4) is 11.5 Å². The Morgan fingerprint density at radius 1 is 1.12 bits per heavy atom. The molecule has 2 aromatic carbocycles. The first kappa shape index (κ1) is 16.2. The molecule has 0 unspecified atom stereocenters. The zero-order valence-electron chi connectivity index (χ0n) is 14.7. The standard InChI is InChI=1S/C20H19N3O3/c1-25-17-6-3-12(10-18(17)26-2)9-13-7-8-23-19(13)22-16-5-4-14(21)11-15(16)20(23)24/h3-6,9-11H,7-8,21H2,1-2H3. The lowest BCUT2D eigenvalue weighted by Crippen LogP contribution is -2.20. The van der Waals surface area contributed by atoms with E-state index < -0.39 is 0 Å². The Bertz CT molecular complexity index is 1100. The summed E-state index contributed by atoms with van der Waals surface area (Å²) in [7, 11) is 3.22. The average molecular weight is 349 g/mol. The molecular weight excluding hydrogens is 330 g/mol. The lowest BCUT2D eigenvalue weighted by molar-refractivity contribution is 0.355. The van der Waals surface area contributed by atoms with E-state index in [-0.39, 0.29) is 5.56 Å². The van der Waals surface area contributed by atoms with Crippen LogP contribution in [-0.2, 0) is 6.54 Å². The summed E-state index contributed by atoms with van der Waals surface area (Å²) in [6, 6.07) is 11.0. The molecule has 1 aliphatic heterocycles. The molecule has 2 heterocycles. The van der Waals surface area contributed by atoms with Crippen molar-refractivity contribution in [3.05, 3.63) is 58.1 Å². The van der Waals surface area contributed by atoms with Crippen molar-refractivity contribution >= 4 is 28.2 Å². The summed E-state index contributed by atoms with van der Waals surface area (Å²) >= 11 is 0. The molecule has 0 radical (unpaired) electrons. The molecule has 1 aliphatic rings. The van der Waals surface area contributed by atoms with E-state index in [2.05, 4.69) is 0 Å². The fraction of sp³-hybridized carbons (Fsp3) is 0.200. The predicted octanol–water partition coefficient (Wildman–Crippen LogP) is 2.94. The normalized spacial score (nSPS) is 14.6. The minimum atomic E-state index is -0.0481. The van der Waals surface area contributed by atoms with Crippen LogP contribution in [0.15, 0.2) is 41.2 Å². The molecule has 6 heteroatoms. The van der Waals surface area contributed by atoms with Gasteiger partial charge in [-0.2, -0.15) is 0 Å². The topological polar surface area (TPSA) is 79.4 Å². The van der Waals surface area contributed by atoms with Gasteiger partial charge in [-0.25, -0.2) is 4.98 Å². The highest BCUT2D eigenvalue weighted by atomic mass is 16.5. The van der Waals surface area contributed by atoms with Crippen LogP contribution in [0.1, 0.15) is 17.8 Å². The molecule has 4 rings (SSSR count). The molecule has 0 amide bonds. The van der Waals surface area contributed by atoms with E-state index in [1.165, 1.54) is 0 Å². The number of benzene rings is 2. The van der Waals surface area contributed by atoms with Crippen molar-refractivity contribution in [1.82, 2.24) is 9.55 Å². The summed E-state index contributed by atoms with van der Waals surface area (Å²) in [5.41, 5.74) is 8.98. The fourth-order valence-corrected chi connectivity index (χ4v) is 3.32. The first-order valence-corrected chi connectivity index (χ1v) is 8.34. The number of allylic oxidation sites excluding steroid dienone is 1. The predicted molar refractivity (Wildman–Crippen MR) is 102 cm³/mol. The second-order valence-electron chi connectivity index (χ2n) is 6.20. The summed E-state index contributed by atoms with van der Waals surface area (Å²) < 4.78 is 12.4. The van der Waals surface area contributed by atoms with Gasteiger partial charge in [0.25, 0.3) is 5.56 Å². The third-order valence-electron chi connectivity index (χ3n) is 4.62.